The molecule has 2 aromatic carbocycles. The lowest BCUT2D eigenvalue weighted by molar-refractivity contribution is -0.131. The molecule has 0 radical (unpaired) electrons. The molecule has 0 amide bonds. The Bertz CT molecular complexity index is 747. The third kappa shape index (κ3) is 3.91. The highest BCUT2D eigenvalue weighted by molar-refractivity contribution is 5.85. The number of carboxylic acid groups (broad SMARTS) is 1. The Labute approximate surface area is 120 Å². The highest BCUT2D eigenvalue weighted by atomic mass is 19.1. The summed E-state index contributed by atoms with van der Waals surface area (Å²) in [5.41, 5.74) is 0.672. The van der Waals surface area contributed by atoms with Crippen LogP contribution >= 0.6 is 0 Å². The van der Waals surface area contributed by atoms with Gasteiger partial charge in [0.05, 0.1) is 5.56 Å². The summed E-state index contributed by atoms with van der Waals surface area (Å²) in [7, 11) is 0. The zero-order valence-electron chi connectivity index (χ0n) is 10.8. The fraction of sp³-hybridized carbons (Fsp3) is 0. The van der Waals surface area contributed by atoms with Crippen LogP contribution in [0, 0.1) is 17.1 Å². The van der Waals surface area contributed by atoms with Gasteiger partial charge in [0.1, 0.15) is 23.4 Å². The molecule has 21 heavy (non-hydrogen) atoms. The monoisotopic (exact) mass is 283 g/mol. The lowest BCUT2D eigenvalue weighted by Crippen LogP contribution is -1.90. The maximum atomic E-state index is 13.5. The summed E-state index contributed by atoms with van der Waals surface area (Å²) >= 11 is 0. The molecule has 0 heterocycles. The quantitative estimate of drug-likeness (QED) is 0.870. The van der Waals surface area contributed by atoms with Gasteiger partial charge in [0, 0.05) is 12.1 Å². The maximum Gasteiger partial charge on any atom is 0.328 e. The Morgan fingerprint density at radius 1 is 1.29 bits per heavy atom. The highest BCUT2D eigenvalue weighted by Crippen LogP contribution is 2.26. The molecule has 0 atom stereocenters. The van der Waals surface area contributed by atoms with E-state index < -0.39 is 11.8 Å². The molecule has 0 aromatic heterocycles. The van der Waals surface area contributed by atoms with Crippen LogP contribution in [0.5, 0.6) is 11.5 Å². The van der Waals surface area contributed by atoms with Crippen molar-refractivity contribution in [3.8, 4) is 17.6 Å². The first kappa shape index (κ1) is 14.3. The summed E-state index contributed by atoms with van der Waals surface area (Å²) in [6, 6.07) is 12.4. The second-order valence-corrected chi connectivity index (χ2v) is 4.10. The highest BCUT2D eigenvalue weighted by Gasteiger charge is 2.06. The number of carboxylic acids is 1. The third-order valence-electron chi connectivity index (χ3n) is 2.55. The third-order valence-corrected chi connectivity index (χ3v) is 2.55. The van der Waals surface area contributed by atoms with Crippen molar-refractivity contribution in [3.63, 3.8) is 0 Å². The minimum Gasteiger partial charge on any atom is -0.478 e. The van der Waals surface area contributed by atoms with Gasteiger partial charge in [-0.15, -0.1) is 0 Å². The molecule has 0 aliphatic carbocycles. The minimum atomic E-state index is -1.13. The van der Waals surface area contributed by atoms with Crippen molar-refractivity contribution in [1.82, 2.24) is 0 Å². The van der Waals surface area contributed by atoms with Gasteiger partial charge in [-0.25, -0.2) is 9.18 Å². The molecular weight excluding hydrogens is 273 g/mol. The molecule has 4 nitrogen and oxygen atoms in total. The van der Waals surface area contributed by atoms with Crippen LogP contribution in [0.15, 0.2) is 48.5 Å². The molecule has 0 saturated heterocycles. The van der Waals surface area contributed by atoms with Crippen LogP contribution in [0.4, 0.5) is 4.39 Å². The van der Waals surface area contributed by atoms with Crippen LogP contribution in [0.2, 0.25) is 0 Å². The van der Waals surface area contributed by atoms with Crippen molar-refractivity contribution in [2.75, 3.05) is 0 Å². The van der Waals surface area contributed by atoms with E-state index in [9.17, 15) is 9.18 Å². The SMILES string of the molecule is N#Cc1ccccc1Oc1cc(F)cc(/C=C/C(=O)O)c1. The Balaban J connectivity index is 2.32. The number of ether oxygens (including phenoxy) is 1. The van der Waals surface area contributed by atoms with Crippen molar-refractivity contribution >= 4 is 12.0 Å². The van der Waals surface area contributed by atoms with Gasteiger partial charge in [-0.2, -0.15) is 5.26 Å². The summed E-state index contributed by atoms with van der Waals surface area (Å²) < 4.78 is 19.0. The second kappa shape index (κ2) is 6.35. The first-order chi connectivity index (χ1) is 10.1. The van der Waals surface area contributed by atoms with Gasteiger partial charge in [-0.05, 0) is 35.9 Å². The predicted molar refractivity (Wildman–Crippen MR) is 74.3 cm³/mol. The molecule has 2 aromatic rings. The number of carbonyl (C=O) groups is 1. The largest absolute Gasteiger partial charge is 0.478 e. The van der Waals surface area contributed by atoms with Crippen molar-refractivity contribution in [1.29, 1.82) is 5.26 Å². The van der Waals surface area contributed by atoms with E-state index >= 15 is 0 Å². The predicted octanol–water partition coefficient (Wildman–Crippen LogP) is 3.59. The van der Waals surface area contributed by atoms with Gasteiger partial charge in [-0.3, -0.25) is 0 Å². The Morgan fingerprint density at radius 2 is 2.05 bits per heavy atom. The van der Waals surface area contributed by atoms with E-state index in [1.165, 1.54) is 18.2 Å². The van der Waals surface area contributed by atoms with E-state index in [2.05, 4.69) is 0 Å². The topological polar surface area (TPSA) is 70.3 Å². The van der Waals surface area contributed by atoms with Crippen molar-refractivity contribution < 1.29 is 19.0 Å². The molecule has 0 bridgehead atoms. The molecule has 0 aliphatic heterocycles. The summed E-state index contributed by atoms with van der Waals surface area (Å²) in [5.74, 6) is -1.20. The Morgan fingerprint density at radius 3 is 2.76 bits per heavy atom. The van der Waals surface area contributed by atoms with E-state index in [1.54, 1.807) is 24.3 Å². The normalized spacial score (nSPS) is 10.3. The minimum absolute atomic E-state index is 0.183. The van der Waals surface area contributed by atoms with Crippen LogP contribution in [0.3, 0.4) is 0 Å². The van der Waals surface area contributed by atoms with Crippen LogP contribution in [0.25, 0.3) is 6.08 Å². The summed E-state index contributed by atoms with van der Waals surface area (Å²) in [5, 5.41) is 17.5. The van der Waals surface area contributed by atoms with Gasteiger partial charge >= 0.3 is 5.97 Å². The molecule has 1 N–H and O–H groups in total. The zero-order valence-corrected chi connectivity index (χ0v) is 10.8. The van der Waals surface area contributed by atoms with Crippen molar-refractivity contribution in [2.45, 2.75) is 0 Å². The van der Waals surface area contributed by atoms with Gasteiger partial charge in [-0.1, -0.05) is 12.1 Å². The number of nitriles is 1. The molecule has 0 saturated carbocycles. The number of benzene rings is 2. The lowest BCUT2D eigenvalue weighted by Gasteiger charge is -2.08. The molecule has 5 heteroatoms. The first-order valence-corrected chi connectivity index (χ1v) is 5.97. The van der Waals surface area contributed by atoms with Crippen LogP contribution in [-0.4, -0.2) is 11.1 Å². The summed E-state index contributed by atoms with van der Waals surface area (Å²) in [4.78, 5) is 10.5. The van der Waals surface area contributed by atoms with E-state index in [4.69, 9.17) is 15.1 Å². The number of hydrogen-bond acceptors (Lipinski definition) is 3. The fourth-order valence-electron chi connectivity index (χ4n) is 1.68. The molecule has 104 valence electrons. The number of rotatable bonds is 4. The summed E-state index contributed by atoms with van der Waals surface area (Å²) in [6.07, 6.45) is 2.16. The standard InChI is InChI=1S/C16H10FNO3/c17-13-7-11(5-6-16(19)20)8-14(9-13)21-15-4-2-1-3-12(15)10-18/h1-9H,(H,19,20)/b6-5+. The second-order valence-electron chi connectivity index (χ2n) is 4.10. The number of halogens is 1. The molecule has 0 unspecified atom stereocenters. The van der Waals surface area contributed by atoms with Gasteiger partial charge < -0.3 is 9.84 Å². The smallest absolute Gasteiger partial charge is 0.328 e. The lowest BCUT2D eigenvalue weighted by atomic mass is 10.2. The average Bonchev–Trinajstić information content (AvgIpc) is 2.45. The van der Waals surface area contributed by atoms with Crippen LogP contribution < -0.4 is 4.74 Å². The average molecular weight is 283 g/mol. The number of nitrogens with zero attached hydrogens (tertiary/aromatic N) is 1. The van der Waals surface area contributed by atoms with Crippen LogP contribution in [-0.2, 0) is 4.79 Å². The van der Waals surface area contributed by atoms with Gasteiger partial charge in [0.25, 0.3) is 0 Å². The molecule has 0 fully saturated rings. The van der Waals surface area contributed by atoms with E-state index in [0.29, 0.717) is 16.9 Å². The Hall–Kier alpha value is -3.13. The molecular formula is C16H10FNO3. The van der Waals surface area contributed by atoms with Gasteiger partial charge in [0.2, 0.25) is 0 Å². The van der Waals surface area contributed by atoms with E-state index in [-0.39, 0.29) is 5.75 Å². The fourth-order valence-corrected chi connectivity index (χ4v) is 1.68. The first-order valence-electron chi connectivity index (χ1n) is 5.97. The van der Waals surface area contributed by atoms with Gasteiger partial charge in [0.15, 0.2) is 0 Å². The zero-order chi connectivity index (χ0) is 15.2. The van der Waals surface area contributed by atoms with Crippen molar-refractivity contribution in [3.05, 3.63) is 65.5 Å². The van der Waals surface area contributed by atoms with Crippen LogP contribution in [0.1, 0.15) is 11.1 Å². The summed E-state index contributed by atoms with van der Waals surface area (Å²) in [6.45, 7) is 0. The number of para-hydroxylation sites is 1. The Kier molecular flexibility index (Phi) is 4.32. The van der Waals surface area contributed by atoms with E-state index in [1.807, 2.05) is 6.07 Å². The molecule has 0 spiro atoms. The molecule has 2 rings (SSSR count). The number of aliphatic carboxylic acids is 1. The number of hydrogen-bond donors (Lipinski definition) is 1. The maximum absolute atomic E-state index is 13.5. The van der Waals surface area contributed by atoms with Crippen molar-refractivity contribution in [2.24, 2.45) is 0 Å². The molecule has 0 aliphatic rings. The van der Waals surface area contributed by atoms with E-state index in [0.717, 1.165) is 12.1 Å².